The van der Waals surface area contributed by atoms with E-state index in [9.17, 15) is 18.0 Å². The number of hydrogen-bond donors (Lipinski definition) is 1. The van der Waals surface area contributed by atoms with Gasteiger partial charge in [0.25, 0.3) is 0 Å². The lowest BCUT2D eigenvalue weighted by molar-refractivity contribution is -0.138. The van der Waals surface area contributed by atoms with Gasteiger partial charge in [0, 0.05) is 4.90 Å². The number of alkyl halides is 3. The number of rotatable bonds is 1. The van der Waals surface area contributed by atoms with E-state index >= 15 is 0 Å². The van der Waals surface area contributed by atoms with Crippen LogP contribution in [0.2, 0.25) is 0 Å². The van der Waals surface area contributed by atoms with Crippen LogP contribution in [0.1, 0.15) is 21.5 Å². The molecule has 90 valence electrons. The van der Waals surface area contributed by atoms with E-state index in [1.807, 2.05) is 0 Å². The Kier molecular flexibility index (Phi) is 3.68. The molecule has 7 heteroatoms. The van der Waals surface area contributed by atoms with E-state index in [1.165, 1.54) is 0 Å². The van der Waals surface area contributed by atoms with Gasteiger partial charge in [-0.3, -0.25) is 0 Å². The Morgan fingerprint density at radius 2 is 2.06 bits per heavy atom. The first-order valence-electron chi connectivity index (χ1n) is 4.24. The first kappa shape index (κ1) is 13.4. The van der Waals surface area contributed by atoms with E-state index in [0.717, 1.165) is 13.2 Å². The summed E-state index contributed by atoms with van der Waals surface area (Å²) in [5.41, 5.74) is -2.15. The summed E-state index contributed by atoms with van der Waals surface area (Å²) in [6.45, 7) is 0. The second-order valence-corrected chi connectivity index (χ2v) is 3.50. The van der Waals surface area contributed by atoms with Crippen LogP contribution in [0.3, 0.4) is 0 Å². The van der Waals surface area contributed by atoms with Crippen LogP contribution in [-0.2, 0) is 10.9 Å². The van der Waals surface area contributed by atoms with Crippen molar-refractivity contribution in [3.63, 3.8) is 0 Å². The Morgan fingerprint density at radius 1 is 1.47 bits per heavy atom. The summed E-state index contributed by atoms with van der Waals surface area (Å²) in [6, 6.07) is 3.23. The largest absolute Gasteiger partial charge is 0.465 e. The number of ether oxygens (including phenoxy) is 1. The van der Waals surface area contributed by atoms with Crippen LogP contribution >= 0.6 is 12.6 Å². The molecule has 0 unspecified atom stereocenters. The van der Waals surface area contributed by atoms with Gasteiger partial charge in [0.15, 0.2) is 0 Å². The highest BCUT2D eigenvalue weighted by molar-refractivity contribution is 7.80. The SMILES string of the molecule is COC(=O)c1c(S)cc(C#N)cc1C(F)(F)F. The van der Waals surface area contributed by atoms with Crippen LogP contribution in [-0.4, -0.2) is 13.1 Å². The maximum absolute atomic E-state index is 12.7. The predicted octanol–water partition coefficient (Wildman–Crippen LogP) is 2.65. The molecule has 0 saturated carbocycles. The molecule has 1 aromatic rings. The molecule has 0 aromatic heterocycles. The van der Waals surface area contributed by atoms with Crippen LogP contribution < -0.4 is 0 Å². The number of methoxy groups -OCH3 is 1. The number of benzene rings is 1. The predicted molar refractivity (Wildman–Crippen MR) is 54.8 cm³/mol. The average Bonchev–Trinajstić information content (AvgIpc) is 2.25. The molecule has 3 nitrogen and oxygen atoms in total. The van der Waals surface area contributed by atoms with E-state index < -0.39 is 23.3 Å². The second kappa shape index (κ2) is 4.67. The minimum atomic E-state index is -4.76. The van der Waals surface area contributed by atoms with Gasteiger partial charge in [-0.05, 0) is 12.1 Å². The molecule has 0 N–H and O–H groups in total. The second-order valence-electron chi connectivity index (χ2n) is 3.02. The molecule has 1 rings (SSSR count). The lowest BCUT2D eigenvalue weighted by Crippen LogP contribution is -2.15. The van der Waals surface area contributed by atoms with Gasteiger partial charge in [0.05, 0.1) is 29.9 Å². The van der Waals surface area contributed by atoms with Gasteiger partial charge in [0.1, 0.15) is 0 Å². The molecule has 0 aliphatic rings. The van der Waals surface area contributed by atoms with Crippen molar-refractivity contribution in [1.29, 1.82) is 5.26 Å². The normalized spacial score (nSPS) is 10.8. The molecule has 0 radical (unpaired) electrons. The molecule has 0 atom stereocenters. The highest BCUT2D eigenvalue weighted by Crippen LogP contribution is 2.35. The van der Waals surface area contributed by atoms with Gasteiger partial charge in [0.2, 0.25) is 0 Å². The van der Waals surface area contributed by atoms with Gasteiger partial charge >= 0.3 is 12.1 Å². The summed E-state index contributed by atoms with van der Waals surface area (Å²) in [5, 5.41) is 8.57. The van der Waals surface area contributed by atoms with Crippen molar-refractivity contribution in [3.8, 4) is 6.07 Å². The number of nitrogens with zero attached hydrogens (tertiary/aromatic N) is 1. The van der Waals surface area contributed by atoms with Crippen molar-refractivity contribution >= 4 is 18.6 Å². The Hall–Kier alpha value is -1.68. The number of carbonyl (C=O) groups is 1. The monoisotopic (exact) mass is 261 g/mol. The van der Waals surface area contributed by atoms with Gasteiger partial charge in [-0.2, -0.15) is 18.4 Å². The molecule has 0 amide bonds. The minimum absolute atomic E-state index is 0.227. The Bertz CT molecular complexity index is 505. The zero-order valence-corrected chi connectivity index (χ0v) is 9.39. The molecule has 0 spiro atoms. The number of nitriles is 1. The standard InChI is InChI=1S/C10H6F3NO2S/c1-16-9(15)8-6(10(11,12)13)2-5(4-14)3-7(8)17/h2-3,17H,1H3. The van der Waals surface area contributed by atoms with Gasteiger partial charge < -0.3 is 4.74 Å². The first-order valence-corrected chi connectivity index (χ1v) is 4.68. The molecule has 0 aliphatic heterocycles. The third-order valence-corrected chi connectivity index (χ3v) is 2.29. The van der Waals surface area contributed by atoms with Crippen LogP contribution in [0.25, 0.3) is 0 Å². The smallest absolute Gasteiger partial charge is 0.417 e. The number of esters is 1. The van der Waals surface area contributed by atoms with Crippen molar-refractivity contribution in [3.05, 3.63) is 28.8 Å². The summed E-state index contributed by atoms with van der Waals surface area (Å²) >= 11 is 3.76. The Morgan fingerprint density at radius 3 is 2.47 bits per heavy atom. The molecular weight excluding hydrogens is 255 g/mol. The van der Waals surface area contributed by atoms with E-state index in [-0.39, 0.29) is 10.5 Å². The molecule has 0 bridgehead atoms. The van der Waals surface area contributed by atoms with E-state index in [0.29, 0.717) is 6.07 Å². The third kappa shape index (κ3) is 2.71. The van der Waals surface area contributed by atoms with Crippen molar-refractivity contribution < 1.29 is 22.7 Å². The van der Waals surface area contributed by atoms with Gasteiger partial charge in [-0.25, -0.2) is 4.79 Å². The fraction of sp³-hybridized carbons (Fsp3) is 0.200. The van der Waals surface area contributed by atoms with Crippen molar-refractivity contribution in [2.45, 2.75) is 11.1 Å². The van der Waals surface area contributed by atoms with E-state index in [1.54, 1.807) is 6.07 Å². The summed E-state index contributed by atoms with van der Waals surface area (Å²) in [5.74, 6) is -1.15. The number of thiol groups is 1. The van der Waals surface area contributed by atoms with Crippen LogP contribution in [0.15, 0.2) is 17.0 Å². The topological polar surface area (TPSA) is 50.1 Å². The maximum atomic E-state index is 12.7. The third-order valence-electron chi connectivity index (χ3n) is 1.94. The molecule has 17 heavy (non-hydrogen) atoms. The lowest BCUT2D eigenvalue weighted by atomic mass is 10.0. The summed E-state index contributed by atoms with van der Waals surface area (Å²) < 4.78 is 42.3. The van der Waals surface area contributed by atoms with E-state index in [4.69, 9.17) is 5.26 Å². The molecule has 0 aliphatic carbocycles. The van der Waals surface area contributed by atoms with Crippen molar-refractivity contribution in [1.82, 2.24) is 0 Å². The summed E-state index contributed by atoms with van der Waals surface area (Å²) in [6.07, 6.45) is -4.76. The highest BCUT2D eigenvalue weighted by atomic mass is 32.1. The summed E-state index contributed by atoms with van der Waals surface area (Å²) in [7, 11) is 0.966. The molecule has 1 aromatic carbocycles. The quantitative estimate of drug-likeness (QED) is 0.624. The van der Waals surface area contributed by atoms with Crippen LogP contribution in [0.5, 0.6) is 0 Å². The number of halogens is 3. The molecule has 0 heterocycles. The number of hydrogen-bond acceptors (Lipinski definition) is 4. The minimum Gasteiger partial charge on any atom is -0.465 e. The zero-order valence-electron chi connectivity index (χ0n) is 8.50. The van der Waals surface area contributed by atoms with Gasteiger partial charge in [-0.1, -0.05) is 0 Å². The summed E-state index contributed by atoms with van der Waals surface area (Å²) in [4.78, 5) is 11.0. The van der Waals surface area contributed by atoms with Crippen molar-refractivity contribution in [2.24, 2.45) is 0 Å². The van der Waals surface area contributed by atoms with Crippen LogP contribution in [0.4, 0.5) is 13.2 Å². The first-order chi connectivity index (χ1) is 7.81. The zero-order chi connectivity index (χ0) is 13.2. The Labute approximate surface area is 100 Å². The fourth-order valence-electron chi connectivity index (χ4n) is 1.23. The lowest BCUT2D eigenvalue weighted by Gasteiger charge is -2.13. The number of carbonyl (C=O) groups excluding carboxylic acids is 1. The Balaban J connectivity index is 3.58. The highest BCUT2D eigenvalue weighted by Gasteiger charge is 2.37. The molecular formula is C10H6F3NO2S. The maximum Gasteiger partial charge on any atom is 0.417 e. The average molecular weight is 261 g/mol. The van der Waals surface area contributed by atoms with Crippen molar-refractivity contribution in [2.75, 3.05) is 7.11 Å². The van der Waals surface area contributed by atoms with Crippen LogP contribution in [0, 0.1) is 11.3 Å². The fourth-order valence-corrected chi connectivity index (χ4v) is 1.58. The molecule has 0 fully saturated rings. The van der Waals surface area contributed by atoms with Gasteiger partial charge in [-0.15, -0.1) is 12.6 Å². The molecule has 0 saturated heterocycles. The van der Waals surface area contributed by atoms with E-state index in [2.05, 4.69) is 17.4 Å².